The van der Waals surface area contributed by atoms with Crippen LogP contribution >= 0.6 is 11.6 Å². The van der Waals surface area contributed by atoms with Crippen LogP contribution < -0.4 is 0 Å². The van der Waals surface area contributed by atoms with Gasteiger partial charge in [0.1, 0.15) is 0 Å². The third-order valence-electron chi connectivity index (χ3n) is 2.34. The molecule has 0 heterocycles. The summed E-state index contributed by atoms with van der Waals surface area (Å²) < 4.78 is 0. The van der Waals surface area contributed by atoms with Crippen molar-refractivity contribution < 1.29 is 15.0 Å². The van der Waals surface area contributed by atoms with Crippen molar-refractivity contribution in [2.75, 3.05) is 26.3 Å². The van der Waals surface area contributed by atoms with Crippen LogP contribution in [0.4, 0.5) is 0 Å². The predicted molar refractivity (Wildman–Crippen MR) is 65.9 cm³/mol. The molecule has 5 heteroatoms. The van der Waals surface area contributed by atoms with E-state index in [9.17, 15) is 4.79 Å². The lowest BCUT2D eigenvalue weighted by atomic mass is 10.1. The maximum absolute atomic E-state index is 11.9. The second-order valence-electron chi connectivity index (χ2n) is 3.63. The van der Waals surface area contributed by atoms with Crippen LogP contribution in [0.25, 0.3) is 0 Å². The molecule has 0 saturated carbocycles. The van der Waals surface area contributed by atoms with Crippen LogP contribution in [0.15, 0.2) is 24.3 Å². The molecule has 0 aliphatic rings. The van der Waals surface area contributed by atoms with Gasteiger partial charge in [-0.1, -0.05) is 23.7 Å². The Hall–Kier alpha value is -1.10. The smallest absolute Gasteiger partial charge is 0.227 e. The van der Waals surface area contributed by atoms with Crippen molar-refractivity contribution in [3.8, 4) is 0 Å². The summed E-state index contributed by atoms with van der Waals surface area (Å²) in [6, 6.07) is 7.08. The molecule has 0 bridgehead atoms. The topological polar surface area (TPSA) is 60.8 Å². The molecular formula is C12H16ClNO3. The zero-order valence-corrected chi connectivity index (χ0v) is 10.2. The number of nitrogens with zero attached hydrogens (tertiary/aromatic N) is 1. The van der Waals surface area contributed by atoms with E-state index in [0.29, 0.717) is 5.02 Å². The molecule has 0 unspecified atom stereocenters. The molecular weight excluding hydrogens is 242 g/mol. The summed E-state index contributed by atoms with van der Waals surface area (Å²) in [6.07, 6.45) is 0.223. The molecule has 1 rings (SSSR count). The Balaban J connectivity index is 2.62. The Morgan fingerprint density at radius 1 is 1.24 bits per heavy atom. The minimum absolute atomic E-state index is 0.110. The number of rotatable bonds is 6. The van der Waals surface area contributed by atoms with Gasteiger partial charge in [0.05, 0.1) is 19.6 Å². The summed E-state index contributed by atoms with van der Waals surface area (Å²) in [6.45, 7) is 0.252. The number of carbonyl (C=O) groups excluding carboxylic acids is 1. The monoisotopic (exact) mass is 257 g/mol. The van der Waals surface area contributed by atoms with Gasteiger partial charge in [0.2, 0.25) is 5.91 Å². The normalized spacial score (nSPS) is 10.3. The van der Waals surface area contributed by atoms with Gasteiger partial charge >= 0.3 is 0 Å². The average molecular weight is 258 g/mol. The van der Waals surface area contributed by atoms with E-state index in [4.69, 9.17) is 21.8 Å². The van der Waals surface area contributed by atoms with E-state index >= 15 is 0 Å². The molecule has 0 aromatic heterocycles. The number of hydrogen-bond acceptors (Lipinski definition) is 3. The molecule has 0 spiro atoms. The molecule has 0 saturated heterocycles. The van der Waals surface area contributed by atoms with Crippen molar-refractivity contribution in [1.82, 2.24) is 4.90 Å². The first-order chi connectivity index (χ1) is 8.17. The van der Waals surface area contributed by atoms with Gasteiger partial charge in [-0.15, -0.1) is 0 Å². The zero-order chi connectivity index (χ0) is 12.7. The summed E-state index contributed by atoms with van der Waals surface area (Å²) in [5, 5.41) is 18.2. The molecule has 0 atom stereocenters. The first kappa shape index (κ1) is 14.0. The van der Waals surface area contributed by atoms with Gasteiger partial charge in [-0.3, -0.25) is 4.79 Å². The number of amides is 1. The fraction of sp³-hybridized carbons (Fsp3) is 0.417. The van der Waals surface area contributed by atoms with E-state index in [1.807, 2.05) is 6.07 Å². The van der Waals surface area contributed by atoms with Gasteiger partial charge in [0.15, 0.2) is 0 Å². The van der Waals surface area contributed by atoms with Crippen molar-refractivity contribution >= 4 is 17.5 Å². The van der Waals surface area contributed by atoms with Crippen molar-refractivity contribution in [3.63, 3.8) is 0 Å². The van der Waals surface area contributed by atoms with Crippen LogP contribution in [0.1, 0.15) is 5.56 Å². The minimum Gasteiger partial charge on any atom is -0.395 e. The van der Waals surface area contributed by atoms with Crippen LogP contribution in [0.5, 0.6) is 0 Å². The number of benzene rings is 1. The lowest BCUT2D eigenvalue weighted by molar-refractivity contribution is -0.131. The number of carbonyl (C=O) groups is 1. The van der Waals surface area contributed by atoms with E-state index < -0.39 is 0 Å². The quantitative estimate of drug-likeness (QED) is 0.789. The number of halogens is 1. The van der Waals surface area contributed by atoms with Crippen LogP contribution in [0.3, 0.4) is 0 Å². The highest BCUT2D eigenvalue weighted by atomic mass is 35.5. The molecule has 0 aliphatic carbocycles. The van der Waals surface area contributed by atoms with Crippen LogP contribution in [-0.2, 0) is 11.2 Å². The molecule has 2 N–H and O–H groups in total. The van der Waals surface area contributed by atoms with Crippen molar-refractivity contribution in [2.45, 2.75) is 6.42 Å². The predicted octanol–water partition coefficient (Wildman–Crippen LogP) is 0.696. The van der Waals surface area contributed by atoms with E-state index in [1.54, 1.807) is 18.2 Å². The number of aliphatic hydroxyl groups is 2. The Kier molecular flexibility index (Phi) is 5.97. The SMILES string of the molecule is O=C(Cc1cccc(Cl)c1)N(CCO)CCO. The second kappa shape index (κ2) is 7.27. The highest BCUT2D eigenvalue weighted by Gasteiger charge is 2.12. The lowest BCUT2D eigenvalue weighted by Crippen LogP contribution is -2.36. The molecule has 0 aliphatic heterocycles. The Labute approximate surface area is 105 Å². The first-order valence-electron chi connectivity index (χ1n) is 5.41. The van der Waals surface area contributed by atoms with Gasteiger partial charge in [-0.2, -0.15) is 0 Å². The molecule has 1 aromatic rings. The van der Waals surface area contributed by atoms with Gasteiger partial charge in [0.25, 0.3) is 0 Å². The summed E-state index contributed by atoms with van der Waals surface area (Å²) in [7, 11) is 0. The molecule has 1 amide bonds. The first-order valence-corrected chi connectivity index (χ1v) is 5.79. The fourth-order valence-corrected chi connectivity index (χ4v) is 1.75. The van der Waals surface area contributed by atoms with Gasteiger partial charge in [0, 0.05) is 18.1 Å². The second-order valence-corrected chi connectivity index (χ2v) is 4.07. The maximum atomic E-state index is 11.9. The minimum atomic E-state index is -0.129. The third kappa shape index (κ3) is 4.73. The lowest BCUT2D eigenvalue weighted by Gasteiger charge is -2.20. The molecule has 17 heavy (non-hydrogen) atoms. The summed E-state index contributed by atoms with van der Waals surface area (Å²) in [4.78, 5) is 13.3. The van der Waals surface area contributed by atoms with Crippen molar-refractivity contribution in [1.29, 1.82) is 0 Å². The van der Waals surface area contributed by atoms with E-state index in [-0.39, 0.29) is 38.6 Å². The molecule has 1 aromatic carbocycles. The van der Waals surface area contributed by atoms with E-state index in [0.717, 1.165) is 5.56 Å². The van der Waals surface area contributed by atoms with Gasteiger partial charge in [-0.05, 0) is 17.7 Å². The highest BCUT2D eigenvalue weighted by molar-refractivity contribution is 6.30. The zero-order valence-electron chi connectivity index (χ0n) is 9.47. The van der Waals surface area contributed by atoms with Crippen LogP contribution in [0.2, 0.25) is 5.02 Å². The van der Waals surface area contributed by atoms with Crippen LogP contribution in [0, 0.1) is 0 Å². The van der Waals surface area contributed by atoms with Crippen LogP contribution in [-0.4, -0.2) is 47.3 Å². The van der Waals surface area contributed by atoms with Crippen molar-refractivity contribution in [3.05, 3.63) is 34.9 Å². The van der Waals surface area contributed by atoms with Gasteiger partial charge < -0.3 is 15.1 Å². The molecule has 4 nitrogen and oxygen atoms in total. The van der Waals surface area contributed by atoms with E-state index in [2.05, 4.69) is 0 Å². The Morgan fingerprint density at radius 3 is 2.41 bits per heavy atom. The fourth-order valence-electron chi connectivity index (χ4n) is 1.54. The summed E-state index contributed by atoms with van der Waals surface area (Å²) in [5.41, 5.74) is 0.823. The Morgan fingerprint density at radius 2 is 1.88 bits per heavy atom. The Bertz CT molecular complexity index is 365. The standard InChI is InChI=1S/C12H16ClNO3/c13-11-3-1-2-10(8-11)9-12(17)14(4-6-15)5-7-16/h1-3,8,15-16H,4-7,9H2. The van der Waals surface area contributed by atoms with E-state index in [1.165, 1.54) is 4.90 Å². The highest BCUT2D eigenvalue weighted by Crippen LogP contribution is 2.11. The largest absolute Gasteiger partial charge is 0.395 e. The third-order valence-corrected chi connectivity index (χ3v) is 2.57. The number of hydrogen-bond donors (Lipinski definition) is 2. The molecule has 94 valence electrons. The maximum Gasteiger partial charge on any atom is 0.227 e. The summed E-state index contributed by atoms with van der Waals surface area (Å²) >= 11 is 5.83. The van der Waals surface area contributed by atoms with Crippen molar-refractivity contribution in [2.24, 2.45) is 0 Å². The summed E-state index contributed by atoms with van der Waals surface area (Å²) in [5.74, 6) is -0.129. The molecule has 0 fully saturated rings. The van der Waals surface area contributed by atoms with Gasteiger partial charge in [-0.25, -0.2) is 0 Å². The molecule has 0 radical (unpaired) electrons. The number of aliphatic hydroxyl groups excluding tert-OH is 2. The average Bonchev–Trinajstić information content (AvgIpc) is 2.28.